The minimum Gasteiger partial charge on any atom is -0.505 e. The van der Waals surface area contributed by atoms with Crippen molar-refractivity contribution in [2.24, 2.45) is 0 Å². The summed E-state index contributed by atoms with van der Waals surface area (Å²) in [5, 5.41) is 15.4. The Kier molecular flexibility index (Phi) is 4.34. The van der Waals surface area contributed by atoms with Crippen molar-refractivity contribution in [1.82, 2.24) is 15.3 Å². The number of benzene rings is 1. The van der Waals surface area contributed by atoms with Crippen molar-refractivity contribution in [3.63, 3.8) is 0 Å². The van der Waals surface area contributed by atoms with Crippen LogP contribution in [0.1, 0.15) is 12.8 Å². The molecule has 0 spiro atoms. The smallest absolute Gasteiger partial charge is 0.218 e. The molecule has 3 N–H and O–H groups in total. The molecule has 0 unspecified atom stereocenters. The molecule has 0 aliphatic carbocycles. The molecule has 7 heteroatoms. The van der Waals surface area contributed by atoms with Crippen LogP contribution in [-0.4, -0.2) is 34.3 Å². The summed E-state index contributed by atoms with van der Waals surface area (Å²) in [6.07, 6.45) is 3.43. The van der Waals surface area contributed by atoms with E-state index in [2.05, 4.69) is 20.6 Å². The Bertz CT molecular complexity index is 647. The Morgan fingerprint density at radius 2 is 2.05 bits per heavy atom. The van der Waals surface area contributed by atoms with Crippen molar-refractivity contribution in [3.05, 3.63) is 36.4 Å². The van der Waals surface area contributed by atoms with Gasteiger partial charge in [-0.05, 0) is 38.1 Å². The summed E-state index contributed by atoms with van der Waals surface area (Å²) >= 11 is 0. The second kappa shape index (κ2) is 6.57. The maximum Gasteiger partial charge on any atom is 0.218 e. The van der Waals surface area contributed by atoms with Gasteiger partial charge in [0.1, 0.15) is 18.2 Å². The molecule has 0 radical (unpaired) electrons. The number of phenols is 1. The van der Waals surface area contributed by atoms with E-state index in [0.29, 0.717) is 17.4 Å². The predicted octanol–water partition coefficient (Wildman–Crippen LogP) is 2.20. The number of anilines is 2. The molecule has 0 amide bonds. The molecule has 3 rings (SSSR count). The highest BCUT2D eigenvalue weighted by atomic mass is 19.1. The molecule has 2 heterocycles. The number of hydrogen-bond donors (Lipinski definition) is 3. The molecule has 1 fully saturated rings. The zero-order valence-corrected chi connectivity index (χ0v) is 11.9. The Balaban J connectivity index is 1.68. The fraction of sp³-hybridized carbons (Fsp3) is 0.333. The number of piperidine rings is 1. The van der Waals surface area contributed by atoms with E-state index < -0.39 is 5.82 Å². The van der Waals surface area contributed by atoms with Gasteiger partial charge in [0.25, 0.3) is 0 Å². The lowest BCUT2D eigenvalue weighted by Gasteiger charge is -2.23. The average molecular weight is 304 g/mol. The lowest BCUT2D eigenvalue weighted by Crippen LogP contribution is -2.34. The van der Waals surface area contributed by atoms with Crippen molar-refractivity contribution >= 4 is 11.5 Å². The SMILES string of the molecule is Oc1ccc(Nc2cc(OC3CCNCC3)ncn2)cc1F. The summed E-state index contributed by atoms with van der Waals surface area (Å²) < 4.78 is 19.1. The van der Waals surface area contributed by atoms with Crippen LogP contribution in [0.2, 0.25) is 0 Å². The molecule has 1 aromatic carbocycles. The minimum absolute atomic E-state index is 0.148. The van der Waals surface area contributed by atoms with Crippen molar-refractivity contribution in [2.75, 3.05) is 18.4 Å². The van der Waals surface area contributed by atoms with Crippen LogP contribution in [0.15, 0.2) is 30.6 Å². The number of hydrogen-bond acceptors (Lipinski definition) is 6. The third-order valence-corrected chi connectivity index (χ3v) is 3.44. The first kappa shape index (κ1) is 14.5. The highest BCUT2D eigenvalue weighted by Gasteiger charge is 2.15. The summed E-state index contributed by atoms with van der Waals surface area (Å²) in [5.41, 5.74) is 0.488. The maximum atomic E-state index is 13.3. The molecule has 6 nitrogen and oxygen atoms in total. The topological polar surface area (TPSA) is 79.3 Å². The fourth-order valence-corrected chi connectivity index (χ4v) is 2.29. The van der Waals surface area contributed by atoms with Gasteiger partial charge in [-0.3, -0.25) is 0 Å². The third-order valence-electron chi connectivity index (χ3n) is 3.44. The molecule has 0 atom stereocenters. The molecular weight excluding hydrogens is 287 g/mol. The van der Waals surface area contributed by atoms with Gasteiger partial charge in [0.05, 0.1) is 0 Å². The minimum atomic E-state index is -0.690. The van der Waals surface area contributed by atoms with Crippen molar-refractivity contribution in [2.45, 2.75) is 18.9 Å². The van der Waals surface area contributed by atoms with Gasteiger partial charge in [0.15, 0.2) is 11.6 Å². The van der Waals surface area contributed by atoms with Crippen molar-refractivity contribution in [3.8, 4) is 11.6 Å². The summed E-state index contributed by atoms with van der Waals surface area (Å²) in [4.78, 5) is 8.18. The molecule has 1 aliphatic heterocycles. The quantitative estimate of drug-likeness (QED) is 0.752. The van der Waals surface area contributed by atoms with Crippen LogP contribution in [0.3, 0.4) is 0 Å². The highest BCUT2D eigenvalue weighted by Crippen LogP contribution is 2.23. The van der Waals surface area contributed by atoms with Gasteiger partial charge in [-0.15, -0.1) is 0 Å². The van der Waals surface area contributed by atoms with E-state index in [-0.39, 0.29) is 11.9 Å². The van der Waals surface area contributed by atoms with Crippen molar-refractivity contribution in [1.29, 1.82) is 0 Å². The maximum absolute atomic E-state index is 13.3. The normalized spacial score (nSPS) is 15.5. The average Bonchev–Trinajstić information content (AvgIpc) is 2.52. The van der Waals surface area contributed by atoms with Crippen LogP contribution < -0.4 is 15.4 Å². The summed E-state index contributed by atoms with van der Waals surface area (Å²) in [7, 11) is 0. The van der Waals surface area contributed by atoms with Crippen LogP contribution in [-0.2, 0) is 0 Å². The Hall–Kier alpha value is -2.41. The first-order valence-electron chi connectivity index (χ1n) is 7.16. The Morgan fingerprint density at radius 3 is 2.82 bits per heavy atom. The number of nitrogens with one attached hydrogen (secondary N) is 2. The van der Waals surface area contributed by atoms with E-state index in [1.54, 1.807) is 12.1 Å². The molecular formula is C15H17FN4O2. The van der Waals surface area contributed by atoms with Crippen LogP contribution in [0.5, 0.6) is 11.6 Å². The second-order valence-corrected chi connectivity index (χ2v) is 5.10. The van der Waals surface area contributed by atoms with Crippen LogP contribution >= 0.6 is 0 Å². The largest absolute Gasteiger partial charge is 0.505 e. The highest BCUT2D eigenvalue weighted by molar-refractivity contribution is 5.57. The molecule has 2 aromatic rings. The zero-order valence-electron chi connectivity index (χ0n) is 11.9. The van der Waals surface area contributed by atoms with Gasteiger partial charge in [0.2, 0.25) is 5.88 Å². The molecule has 0 saturated carbocycles. The van der Waals surface area contributed by atoms with E-state index in [1.807, 2.05) is 0 Å². The number of aromatic nitrogens is 2. The molecule has 1 aromatic heterocycles. The summed E-state index contributed by atoms with van der Waals surface area (Å²) in [6, 6.07) is 5.72. The number of rotatable bonds is 4. The van der Waals surface area contributed by atoms with Gasteiger partial charge >= 0.3 is 0 Å². The van der Waals surface area contributed by atoms with E-state index in [4.69, 9.17) is 4.74 Å². The number of ether oxygens (including phenoxy) is 1. The standard InChI is InChI=1S/C15H17FN4O2/c16-12-7-10(1-2-13(12)21)20-14-8-15(19-9-18-14)22-11-3-5-17-6-4-11/h1-2,7-9,11,17,21H,3-6H2,(H,18,19,20). The first-order valence-corrected chi connectivity index (χ1v) is 7.16. The number of halogens is 1. The van der Waals surface area contributed by atoms with Crippen LogP contribution in [0, 0.1) is 5.82 Å². The number of phenolic OH excluding ortho intramolecular Hbond substituents is 1. The predicted molar refractivity (Wildman–Crippen MR) is 79.9 cm³/mol. The fourth-order valence-electron chi connectivity index (χ4n) is 2.29. The number of aromatic hydroxyl groups is 1. The Morgan fingerprint density at radius 1 is 1.23 bits per heavy atom. The van der Waals surface area contributed by atoms with E-state index >= 15 is 0 Å². The van der Waals surface area contributed by atoms with Gasteiger partial charge in [0, 0.05) is 17.8 Å². The van der Waals surface area contributed by atoms with Crippen molar-refractivity contribution < 1.29 is 14.2 Å². The first-order chi connectivity index (χ1) is 10.7. The molecule has 0 bridgehead atoms. The number of nitrogens with zero attached hydrogens (tertiary/aromatic N) is 2. The molecule has 1 aliphatic rings. The summed E-state index contributed by atoms with van der Waals surface area (Å²) in [6.45, 7) is 1.88. The second-order valence-electron chi connectivity index (χ2n) is 5.10. The van der Waals surface area contributed by atoms with Gasteiger partial charge in [-0.25, -0.2) is 14.4 Å². The van der Waals surface area contributed by atoms with E-state index in [0.717, 1.165) is 25.9 Å². The van der Waals surface area contributed by atoms with E-state index in [1.165, 1.54) is 18.5 Å². The van der Waals surface area contributed by atoms with Crippen LogP contribution in [0.4, 0.5) is 15.9 Å². The lowest BCUT2D eigenvalue weighted by molar-refractivity contribution is 0.156. The molecule has 116 valence electrons. The third kappa shape index (κ3) is 3.62. The lowest BCUT2D eigenvalue weighted by atomic mass is 10.1. The van der Waals surface area contributed by atoms with Gasteiger partial charge in [-0.1, -0.05) is 0 Å². The van der Waals surface area contributed by atoms with Gasteiger partial charge < -0.3 is 20.5 Å². The Labute approximate surface area is 127 Å². The monoisotopic (exact) mass is 304 g/mol. The summed E-state index contributed by atoms with van der Waals surface area (Å²) in [5.74, 6) is -0.0823. The molecule has 22 heavy (non-hydrogen) atoms. The molecule has 1 saturated heterocycles. The van der Waals surface area contributed by atoms with Crippen LogP contribution in [0.25, 0.3) is 0 Å². The zero-order chi connectivity index (χ0) is 15.4. The van der Waals surface area contributed by atoms with Gasteiger partial charge in [-0.2, -0.15) is 0 Å². The van der Waals surface area contributed by atoms with E-state index in [9.17, 15) is 9.50 Å².